The number of nitrogens with one attached hydrogen (secondary N) is 3. The number of amides is 1. The van der Waals surface area contributed by atoms with E-state index in [0.29, 0.717) is 11.3 Å². The van der Waals surface area contributed by atoms with Gasteiger partial charge in [0.1, 0.15) is 0 Å². The van der Waals surface area contributed by atoms with Gasteiger partial charge in [-0.1, -0.05) is 12.0 Å². The number of H-pyrrole nitrogens is 1. The predicted octanol–water partition coefficient (Wildman–Crippen LogP) is 1.43. The van der Waals surface area contributed by atoms with Crippen LogP contribution in [0.2, 0.25) is 0 Å². The first kappa shape index (κ1) is 17.6. The monoisotopic (exact) mass is 369 g/mol. The Kier molecular flexibility index (Phi) is 4.71. The number of aryl methyl sites for hydroxylation is 1. The first-order valence-electron chi connectivity index (χ1n) is 7.56. The molecule has 3 N–H and O–H groups in total. The fraction of sp³-hybridized carbons (Fsp3) is 0.118. The molecule has 132 valence electrons. The Morgan fingerprint density at radius 3 is 2.92 bits per heavy atom. The minimum absolute atomic E-state index is 0.0420. The summed E-state index contributed by atoms with van der Waals surface area (Å²) in [7, 11) is -3.78. The molecule has 0 aliphatic heterocycles. The number of nitrogens with zero attached hydrogens (tertiary/aromatic N) is 2. The highest BCUT2D eigenvalue weighted by molar-refractivity contribution is 7.89. The Morgan fingerprint density at radius 2 is 2.15 bits per heavy atom. The summed E-state index contributed by atoms with van der Waals surface area (Å²) < 4.78 is 26.5. The summed E-state index contributed by atoms with van der Waals surface area (Å²) in [6.45, 7) is 1.72. The van der Waals surface area contributed by atoms with Gasteiger partial charge in [-0.05, 0) is 31.2 Å². The van der Waals surface area contributed by atoms with Crippen LogP contribution in [0.4, 0.5) is 5.69 Å². The Labute approximate surface area is 150 Å². The first-order chi connectivity index (χ1) is 12.4. The van der Waals surface area contributed by atoms with Gasteiger partial charge in [0.2, 0.25) is 10.0 Å². The molecule has 2 aromatic heterocycles. The van der Waals surface area contributed by atoms with Crippen LogP contribution in [0.5, 0.6) is 0 Å². The minimum Gasteiger partial charge on any atom is -0.321 e. The van der Waals surface area contributed by atoms with Crippen molar-refractivity contribution in [1.29, 1.82) is 0 Å². The molecule has 0 saturated carbocycles. The smallest absolute Gasteiger partial charge is 0.255 e. The molecule has 0 bridgehead atoms. The van der Waals surface area contributed by atoms with Crippen LogP contribution in [0.25, 0.3) is 11.0 Å². The second-order valence-electron chi connectivity index (χ2n) is 5.45. The Hall–Kier alpha value is -3.22. The molecule has 3 aromatic rings. The zero-order valence-corrected chi connectivity index (χ0v) is 14.6. The first-order valence-corrected chi connectivity index (χ1v) is 9.04. The van der Waals surface area contributed by atoms with Crippen molar-refractivity contribution in [3.63, 3.8) is 0 Å². The van der Waals surface area contributed by atoms with E-state index in [1.54, 1.807) is 6.07 Å². The average molecular weight is 369 g/mol. The van der Waals surface area contributed by atoms with Crippen LogP contribution in [0.1, 0.15) is 16.1 Å². The summed E-state index contributed by atoms with van der Waals surface area (Å²) in [5.41, 5.74) is 2.05. The second kappa shape index (κ2) is 6.95. The third-order valence-electron chi connectivity index (χ3n) is 3.63. The Morgan fingerprint density at radius 1 is 1.35 bits per heavy atom. The van der Waals surface area contributed by atoms with E-state index in [-0.39, 0.29) is 17.0 Å². The van der Waals surface area contributed by atoms with Crippen molar-refractivity contribution < 1.29 is 13.2 Å². The number of aromatic amines is 1. The van der Waals surface area contributed by atoms with Gasteiger partial charge in [-0.15, -0.1) is 6.42 Å². The number of aromatic nitrogens is 3. The lowest BCUT2D eigenvalue weighted by atomic mass is 10.2. The molecular weight excluding hydrogens is 354 g/mol. The van der Waals surface area contributed by atoms with E-state index in [2.05, 4.69) is 31.1 Å². The quantitative estimate of drug-likeness (QED) is 0.588. The van der Waals surface area contributed by atoms with Crippen molar-refractivity contribution >= 4 is 32.7 Å². The predicted molar refractivity (Wildman–Crippen MR) is 97.0 cm³/mol. The van der Waals surface area contributed by atoms with Crippen LogP contribution < -0.4 is 10.0 Å². The van der Waals surface area contributed by atoms with Gasteiger partial charge in [-0.2, -0.15) is 9.82 Å². The highest BCUT2D eigenvalue weighted by Crippen LogP contribution is 2.19. The minimum atomic E-state index is -3.78. The Bertz CT molecular complexity index is 1130. The molecule has 0 saturated heterocycles. The third kappa shape index (κ3) is 3.56. The van der Waals surface area contributed by atoms with Gasteiger partial charge >= 0.3 is 0 Å². The summed E-state index contributed by atoms with van der Waals surface area (Å²) in [4.78, 5) is 16.6. The maximum absolute atomic E-state index is 12.5. The number of hydrogen-bond acceptors (Lipinski definition) is 5. The van der Waals surface area contributed by atoms with E-state index < -0.39 is 15.9 Å². The van der Waals surface area contributed by atoms with E-state index in [0.717, 1.165) is 11.1 Å². The van der Waals surface area contributed by atoms with Crippen LogP contribution in [-0.4, -0.2) is 36.1 Å². The molecule has 0 fully saturated rings. The van der Waals surface area contributed by atoms with Crippen LogP contribution in [0, 0.1) is 19.3 Å². The molecule has 1 amide bonds. The lowest BCUT2D eigenvalue weighted by molar-refractivity contribution is 0.102. The lowest BCUT2D eigenvalue weighted by Gasteiger charge is -2.08. The highest BCUT2D eigenvalue weighted by atomic mass is 32.2. The van der Waals surface area contributed by atoms with Crippen LogP contribution in [0.3, 0.4) is 0 Å². The van der Waals surface area contributed by atoms with Crippen LogP contribution >= 0.6 is 0 Å². The van der Waals surface area contributed by atoms with Crippen LogP contribution in [0.15, 0.2) is 41.4 Å². The summed E-state index contributed by atoms with van der Waals surface area (Å²) in [5, 5.41) is 10.3. The average Bonchev–Trinajstić information content (AvgIpc) is 3.01. The van der Waals surface area contributed by atoms with Crippen molar-refractivity contribution in [2.75, 3.05) is 11.9 Å². The maximum Gasteiger partial charge on any atom is 0.255 e. The van der Waals surface area contributed by atoms with E-state index in [1.807, 2.05) is 6.92 Å². The zero-order chi connectivity index (χ0) is 18.7. The van der Waals surface area contributed by atoms with Crippen molar-refractivity contribution in [3.05, 3.63) is 47.8 Å². The molecule has 2 heterocycles. The molecule has 8 nitrogen and oxygen atoms in total. The molecule has 0 aliphatic rings. The van der Waals surface area contributed by atoms with E-state index in [4.69, 9.17) is 6.42 Å². The van der Waals surface area contributed by atoms with Crippen LogP contribution in [-0.2, 0) is 10.0 Å². The molecule has 9 heteroatoms. The topological polar surface area (TPSA) is 117 Å². The van der Waals surface area contributed by atoms with Crippen molar-refractivity contribution in [2.24, 2.45) is 0 Å². The third-order valence-corrected chi connectivity index (χ3v) is 5.03. The number of anilines is 1. The molecule has 3 rings (SSSR count). The van der Waals surface area contributed by atoms with E-state index in [9.17, 15) is 13.2 Å². The van der Waals surface area contributed by atoms with E-state index in [1.165, 1.54) is 30.5 Å². The number of fused-ring (bicyclic) bond motifs is 1. The normalized spacial score (nSPS) is 11.2. The number of carbonyl (C=O) groups is 1. The lowest BCUT2D eigenvalue weighted by Crippen LogP contribution is -2.24. The molecule has 26 heavy (non-hydrogen) atoms. The van der Waals surface area contributed by atoms with Crippen molar-refractivity contribution in [2.45, 2.75) is 11.8 Å². The number of carbonyl (C=O) groups excluding carboxylic acids is 1. The number of pyridine rings is 1. The largest absolute Gasteiger partial charge is 0.321 e. The van der Waals surface area contributed by atoms with E-state index >= 15 is 0 Å². The maximum atomic E-state index is 12.5. The number of terminal acetylenes is 1. The van der Waals surface area contributed by atoms with Gasteiger partial charge in [-0.3, -0.25) is 9.89 Å². The Balaban J connectivity index is 1.84. The molecule has 0 radical (unpaired) electrons. The highest BCUT2D eigenvalue weighted by Gasteiger charge is 2.16. The van der Waals surface area contributed by atoms with Crippen molar-refractivity contribution in [1.82, 2.24) is 19.9 Å². The summed E-state index contributed by atoms with van der Waals surface area (Å²) >= 11 is 0. The standard InChI is InChI=1S/C17H15N5O3S/c1-3-7-19-26(24,25)14-6-4-5-12(8-14)17(23)20-13-9-15-11(2)21-22-16(15)18-10-13/h1,4-6,8-10,19H,7H2,2H3,(H,20,23)(H,18,21,22). The summed E-state index contributed by atoms with van der Waals surface area (Å²) in [6, 6.07) is 7.42. The van der Waals surface area contributed by atoms with Gasteiger partial charge in [0.15, 0.2) is 5.65 Å². The summed E-state index contributed by atoms with van der Waals surface area (Å²) in [5.74, 6) is 1.74. The van der Waals surface area contributed by atoms with Crippen molar-refractivity contribution in [3.8, 4) is 12.3 Å². The zero-order valence-electron chi connectivity index (χ0n) is 13.8. The number of rotatable bonds is 5. The SMILES string of the molecule is C#CCNS(=O)(=O)c1cccc(C(=O)Nc2cnc3n[nH]c(C)c3c2)c1. The molecule has 0 aliphatic carbocycles. The van der Waals surface area contributed by atoms with Gasteiger partial charge in [-0.25, -0.2) is 13.4 Å². The number of hydrogen-bond donors (Lipinski definition) is 3. The van der Waals surface area contributed by atoms with Gasteiger partial charge in [0.05, 0.1) is 23.3 Å². The molecule has 0 unspecified atom stereocenters. The summed E-state index contributed by atoms with van der Waals surface area (Å²) in [6.07, 6.45) is 6.55. The number of sulfonamides is 1. The molecule has 1 aromatic carbocycles. The molecule has 0 atom stereocenters. The second-order valence-corrected chi connectivity index (χ2v) is 7.22. The van der Waals surface area contributed by atoms with Gasteiger partial charge in [0.25, 0.3) is 5.91 Å². The van der Waals surface area contributed by atoms with Gasteiger partial charge < -0.3 is 5.32 Å². The molecular formula is C17H15N5O3S. The fourth-order valence-corrected chi connectivity index (χ4v) is 3.30. The molecule has 0 spiro atoms. The fourth-order valence-electron chi connectivity index (χ4n) is 2.32. The number of benzene rings is 1. The van der Waals surface area contributed by atoms with Gasteiger partial charge in [0, 0.05) is 16.6 Å².